The smallest absolute Gasteiger partial charge is 0.416 e. The number of esters is 1. The minimum absolute atomic E-state index is 0.0377. The monoisotopic (exact) mass is 410 g/mol. The lowest BCUT2D eigenvalue weighted by Gasteiger charge is -2.21. The summed E-state index contributed by atoms with van der Waals surface area (Å²) >= 11 is 0. The van der Waals surface area contributed by atoms with Crippen LogP contribution in [-0.4, -0.2) is 18.2 Å². The molecule has 0 bridgehead atoms. The van der Waals surface area contributed by atoms with Gasteiger partial charge in [-0.1, -0.05) is 6.92 Å². The summed E-state index contributed by atoms with van der Waals surface area (Å²) in [6.45, 7) is 7.39. The Hall–Kier alpha value is -2.70. The molecule has 0 spiro atoms. The summed E-state index contributed by atoms with van der Waals surface area (Å²) < 4.78 is 54.3. The first-order valence-electron chi connectivity index (χ1n) is 9.36. The minimum atomic E-state index is -4.38. The van der Waals surface area contributed by atoms with Gasteiger partial charge in [0.2, 0.25) is 0 Å². The number of carbonyl (C=O) groups excluding carboxylic acids is 1. The molecule has 0 aliphatic carbocycles. The second-order valence-electron chi connectivity index (χ2n) is 7.14. The molecule has 29 heavy (non-hydrogen) atoms. The molecule has 2 rings (SSSR count). The van der Waals surface area contributed by atoms with Crippen molar-refractivity contribution in [3.63, 3.8) is 0 Å². The summed E-state index contributed by atoms with van der Waals surface area (Å²) in [5, 5.41) is 0. The van der Waals surface area contributed by atoms with Gasteiger partial charge in [0.05, 0.1) is 24.2 Å². The van der Waals surface area contributed by atoms with Gasteiger partial charge in [0.1, 0.15) is 17.2 Å². The highest BCUT2D eigenvalue weighted by atomic mass is 19.4. The van der Waals surface area contributed by atoms with Gasteiger partial charge in [-0.05, 0) is 69.3 Å². The Kier molecular flexibility index (Phi) is 7.53. The van der Waals surface area contributed by atoms with E-state index in [1.54, 1.807) is 38.1 Å². The number of rotatable bonds is 8. The maximum Gasteiger partial charge on any atom is 0.416 e. The third-order valence-corrected chi connectivity index (χ3v) is 4.22. The van der Waals surface area contributed by atoms with Gasteiger partial charge in [0.25, 0.3) is 0 Å². The van der Waals surface area contributed by atoms with Crippen molar-refractivity contribution >= 4 is 5.97 Å². The molecule has 2 unspecified atom stereocenters. The summed E-state index contributed by atoms with van der Waals surface area (Å²) in [7, 11) is 0. The molecule has 0 aliphatic heterocycles. The number of hydrogen-bond donors (Lipinski definition) is 0. The topological polar surface area (TPSA) is 44.8 Å². The minimum Gasteiger partial charge on any atom is -0.490 e. The van der Waals surface area contributed by atoms with Crippen molar-refractivity contribution in [2.24, 2.45) is 5.92 Å². The molecule has 2 aromatic carbocycles. The zero-order chi connectivity index (χ0) is 21.6. The van der Waals surface area contributed by atoms with Crippen molar-refractivity contribution in [2.75, 3.05) is 0 Å². The zero-order valence-corrected chi connectivity index (χ0v) is 16.8. The van der Waals surface area contributed by atoms with E-state index in [2.05, 4.69) is 0 Å². The lowest BCUT2D eigenvalue weighted by molar-refractivity contribution is -0.149. The molecular weight excluding hydrogens is 385 g/mol. The van der Waals surface area contributed by atoms with E-state index in [0.29, 0.717) is 17.2 Å². The van der Waals surface area contributed by atoms with Gasteiger partial charge in [-0.3, -0.25) is 4.79 Å². The van der Waals surface area contributed by atoms with Crippen molar-refractivity contribution in [3.05, 3.63) is 54.1 Å². The highest BCUT2D eigenvalue weighted by Gasteiger charge is 2.30. The second kappa shape index (κ2) is 9.67. The summed E-state index contributed by atoms with van der Waals surface area (Å²) in [5.74, 6) is 1.07. The number of alkyl halides is 3. The quantitative estimate of drug-likeness (QED) is 0.483. The highest BCUT2D eigenvalue weighted by Crippen LogP contribution is 2.31. The van der Waals surface area contributed by atoms with E-state index in [4.69, 9.17) is 14.2 Å². The van der Waals surface area contributed by atoms with Crippen LogP contribution in [0.5, 0.6) is 17.2 Å². The van der Waals surface area contributed by atoms with E-state index in [0.717, 1.165) is 12.1 Å². The van der Waals surface area contributed by atoms with Crippen LogP contribution < -0.4 is 9.47 Å². The maximum absolute atomic E-state index is 12.6. The van der Waals surface area contributed by atoms with E-state index in [1.165, 1.54) is 12.1 Å². The van der Waals surface area contributed by atoms with Crippen LogP contribution in [-0.2, 0) is 15.7 Å². The first-order chi connectivity index (χ1) is 13.5. The molecule has 2 atom stereocenters. The molecule has 2 aromatic rings. The van der Waals surface area contributed by atoms with Crippen LogP contribution in [0.15, 0.2) is 48.5 Å². The normalized spacial score (nSPS) is 13.7. The molecule has 0 amide bonds. The number of carbonyl (C=O) groups is 1. The average molecular weight is 410 g/mol. The zero-order valence-electron chi connectivity index (χ0n) is 16.8. The first-order valence-corrected chi connectivity index (χ1v) is 9.36. The van der Waals surface area contributed by atoms with Gasteiger partial charge >= 0.3 is 12.1 Å². The molecule has 0 saturated carbocycles. The fraction of sp³-hybridized carbons (Fsp3) is 0.409. The van der Waals surface area contributed by atoms with Gasteiger partial charge in [-0.25, -0.2) is 0 Å². The molecule has 0 heterocycles. The molecule has 0 saturated heterocycles. The van der Waals surface area contributed by atoms with Gasteiger partial charge in [-0.15, -0.1) is 0 Å². The molecule has 0 N–H and O–H groups in total. The van der Waals surface area contributed by atoms with Gasteiger partial charge in [0, 0.05) is 5.92 Å². The van der Waals surface area contributed by atoms with Crippen LogP contribution in [0.3, 0.4) is 0 Å². The third kappa shape index (κ3) is 7.33. The van der Waals surface area contributed by atoms with Crippen molar-refractivity contribution < 1.29 is 32.2 Å². The Morgan fingerprint density at radius 3 is 1.83 bits per heavy atom. The molecule has 0 aromatic heterocycles. The number of halogens is 3. The Morgan fingerprint density at radius 1 is 0.862 bits per heavy atom. The van der Waals surface area contributed by atoms with E-state index in [-0.39, 0.29) is 30.5 Å². The predicted molar refractivity (Wildman–Crippen MR) is 103 cm³/mol. The van der Waals surface area contributed by atoms with Crippen LogP contribution in [0.4, 0.5) is 13.2 Å². The highest BCUT2D eigenvalue weighted by molar-refractivity contribution is 5.69. The van der Waals surface area contributed by atoms with Gasteiger partial charge in [-0.2, -0.15) is 13.2 Å². The van der Waals surface area contributed by atoms with Crippen molar-refractivity contribution in [3.8, 4) is 17.2 Å². The van der Waals surface area contributed by atoms with Gasteiger partial charge < -0.3 is 14.2 Å². The molecule has 4 nitrogen and oxygen atoms in total. The molecule has 0 radical (unpaired) electrons. The Bertz CT molecular complexity index is 783. The maximum atomic E-state index is 12.6. The van der Waals surface area contributed by atoms with E-state index in [9.17, 15) is 18.0 Å². The van der Waals surface area contributed by atoms with Crippen LogP contribution in [0.25, 0.3) is 0 Å². The Labute approximate surface area is 168 Å². The molecule has 158 valence electrons. The van der Waals surface area contributed by atoms with E-state index >= 15 is 0 Å². The second-order valence-corrected chi connectivity index (χ2v) is 7.14. The molecule has 0 fully saturated rings. The number of hydrogen-bond acceptors (Lipinski definition) is 4. The average Bonchev–Trinajstić information content (AvgIpc) is 2.62. The molecule has 7 heteroatoms. The van der Waals surface area contributed by atoms with Crippen molar-refractivity contribution in [1.82, 2.24) is 0 Å². The first kappa shape index (κ1) is 22.6. The third-order valence-electron chi connectivity index (χ3n) is 4.22. The van der Waals surface area contributed by atoms with E-state index < -0.39 is 11.7 Å². The van der Waals surface area contributed by atoms with E-state index in [1.807, 2.05) is 13.8 Å². The summed E-state index contributed by atoms with van der Waals surface area (Å²) in [5.41, 5.74) is -0.728. The van der Waals surface area contributed by atoms with Crippen molar-refractivity contribution in [2.45, 2.75) is 52.5 Å². The summed E-state index contributed by atoms with van der Waals surface area (Å²) in [6, 6.07) is 11.2. The lowest BCUT2D eigenvalue weighted by Crippen LogP contribution is -2.25. The lowest BCUT2D eigenvalue weighted by atomic mass is 10.0. The SMILES string of the molecule is CC(C)OC(=O)CC(C)C(C)Oc1ccc(Oc2ccc(C(F)(F)F)cc2)cc1. The standard InChI is InChI=1S/C22H25F3O4/c1-14(2)27-21(26)13-15(3)16(4)28-18-9-11-20(12-10-18)29-19-7-5-17(6-8-19)22(23,24)25/h5-12,14-16H,13H2,1-4H3. The molecule has 0 aliphatic rings. The van der Waals surface area contributed by atoms with Gasteiger partial charge in [0.15, 0.2) is 0 Å². The number of ether oxygens (including phenoxy) is 3. The fourth-order valence-electron chi connectivity index (χ4n) is 2.50. The van der Waals surface area contributed by atoms with Crippen LogP contribution in [0.2, 0.25) is 0 Å². The Balaban J connectivity index is 1.90. The predicted octanol–water partition coefficient (Wildman–Crippen LogP) is 6.24. The Morgan fingerprint density at radius 2 is 1.34 bits per heavy atom. The van der Waals surface area contributed by atoms with Crippen molar-refractivity contribution in [1.29, 1.82) is 0 Å². The summed E-state index contributed by atoms with van der Waals surface area (Å²) in [4.78, 5) is 11.8. The molecular formula is C22H25F3O4. The van der Waals surface area contributed by atoms with Crippen LogP contribution in [0, 0.1) is 5.92 Å². The summed E-state index contributed by atoms with van der Waals surface area (Å²) in [6.07, 6.45) is -4.48. The fourth-order valence-corrected chi connectivity index (χ4v) is 2.50. The number of benzene rings is 2. The van der Waals surface area contributed by atoms with Crippen LogP contribution in [0.1, 0.15) is 39.7 Å². The largest absolute Gasteiger partial charge is 0.490 e. The van der Waals surface area contributed by atoms with Crippen LogP contribution >= 0.6 is 0 Å².